The van der Waals surface area contributed by atoms with Crippen molar-refractivity contribution in [3.05, 3.63) is 71.3 Å². The highest BCUT2D eigenvalue weighted by Gasteiger charge is 2.27. The highest BCUT2D eigenvalue weighted by Crippen LogP contribution is 2.34. The fraction of sp³-hybridized carbons (Fsp3) is 0.300. The van der Waals surface area contributed by atoms with Crippen molar-refractivity contribution >= 4 is 15.9 Å². The van der Waals surface area contributed by atoms with Gasteiger partial charge < -0.3 is 0 Å². The fourth-order valence-corrected chi connectivity index (χ4v) is 4.85. The maximum atomic E-state index is 12.7. The van der Waals surface area contributed by atoms with E-state index in [9.17, 15) is 8.42 Å². The summed E-state index contributed by atoms with van der Waals surface area (Å²) < 4.78 is 25.3. The average molecular weight is 326 g/mol. The van der Waals surface area contributed by atoms with Gasteiger partial charge in [-0.05, 0) is 49.8 Å². The lowest BCUT2D eigenvalue weighted by molar-refractivity contribution is 0.580. The first-order chi connectivity index (χ1) is 11.0. The number of rotatable bonds is 4. The van der Waals surface area contributed by atoms with E-state index in [-0.39, 0.29) is 11.7 Å². The monoisotopic (exact) mass is 326 g/mol. The lowest BCUT2D eigenvalue weighted by Gasteiger charge is -2.13. The molecule has 0 aliphatic heterocycles. The van der Waals surface area contributed by atoms with E-state index in [1.54, 1.807) is 12.1 Å². The van der Waals surface area contributed by atoms with Gasteiger partial charge in [-0.1, -0.05) is 59.7 Å². The van der Waals surface area contributed by atoms with Gasteiger partial charge in [0.15, 0.2) is 9.84 Å². The van der Waals surface area contributed by atoms with Crippen LogP contribution in [0.4, 0.5) is 0 Å². The second kappa shape index (κ2) is 6.71. The van der Waals surface area contributed by atoms with Crippen molar-refractivity contribution in [2.45, 2.75) is 31.1 Å². The van der Waals surface area contributed by atoms with Crippen molar-refractivity contribution in [3.63, 3.8) is 0 Å². The Morgan fingerprint density at radius 1 is 1.04 bits per heavy atom. The van der Waals surface area contributed by atoms with Gasteiger partial charge in [0.05, 0.1) is 10.6 Å². The van der Waals surface area contributed by atoms with Crippen molar-refractivity contribution in [1.82, 2.24) is 0 Å². The van der Waals surface area contributed by atoms with Crippen LogP contribution in [0.1, 0.15) is 30.4 Å². The Kier molecular flexibility index (Phi) is 4.67. The van der Waals surface area contributed by atoms with Gasteiger partial charge in [0.25, 0.3) is 0 Å². The highest BCUT2D eigenvalue weighted by molar-refractivity contribution is 7.91. The molecule has 1 aliphatic carbocycles. The van der Waals surface area contributed by atoms with E-state index in [0.29, 0.717) is 4.90 Å². The molecule has 2 nitrogen and oxygen atoms in total. The van der Waals surface area contributed by atoms with E-state index in [0.717, 1.165) is 30.4 Å². The van der Waals surface area contributed by atoms with Gasteiger partial charge in [-0.15, -0.1) is 0 Å². The minimum atomic E-state index is -3.23. The van der Waals surface area contributed by atoms with Crippen LogP contribution in [0, 0.1) is 12.8 Å². The van der Waals surface area contributed by atoms with Gasteiger partial charge in [0.2, 0.25) is 0 Å². The Morgan fingerprint density at radius 2 is 1.74 bits per heavy atom. The van der Waals surface area contributed by atoms with Crippen LogP contribution in [0.5, 0.6) is 0 Å². The van der Waals surface area contributed by atoms with Crippen molar-refractivity contribution in [2.75, 3.05) is 5.75 Å². The third-order valence-corrected chi connectivity index (χ3v) is 6.33. The van der Waals surface area contributed by atoms with Crippen molar-refractivity contribution in [3.8, 4) is 0 Å². The molecule has 0 heterocycles. The zero-order valence-electron chi connectivity index (χ0n) is 13.4. The van der Waals surface area contributed by atoms with E-state index >= 15 is 0 Å². The van der Waals surface area contributed by atoms with E-state index < -0.39 is 9.84 Å². The molecule has 0 bridgehead atoms. The topological polar surface area (TPSA) is 34.1 Å². The Bertz CT molecular complexity index is 787. The molecule has 3 heteroatoms. The third kappa shape index (κ3) is 3.91. The highest BCUT2D eigenvalue weighted by atomic mass is 32.2. The molecule has 120 valence electrons. The van der Waals surface area contributed by atoms with E-state index in [1.807, 2.05) is 37.3 Å². The third-order valence-electron chi connectivity index (χ3n) is 4.49. The van der Waals surface area contributed by atoms with Crippen LogP contribution in [-0.2, 0) is 9.84 Å². The van der Waals surface area contributed by atoms with Crippen LogP contribution in [0.3, 0.4) is 0 Å². The molecule has 3 rings (SSSR count). The number of sulfone groups is 1. The minimum Gasteiger partial charge on any atom is -0.224 e. The van der Waals surface area contributed by atoms with Gasteiger partial charge in [0, 0.05) is 0 Å². The molecule has 0 saturated heterocycles. The molecule has 0 radical (unpaired) electrons. The van der Waals surface area contributed by atoms with Gasteiger partial charge in [-0.25, -0.2) is 8.42 Å². The fourth-order valence-electron chi connectivity index (χ4n) is 3.19. The van der Waals surface area contributed by atoms with Gasteiger partial charge in [0.1, 0.15) is 0 Å². The molecule has 2 aromatic rings. The lowest BCUT2D eigenvalue weighted by Crippen LogP contribution is -2.15. The summed E-state index contributed by atoms with van der Waals surface area (Å²) in [5.74, 6) is 0.357. The zero-order chi connectivity index (χ0) is 16.3. The Balaban J connectivity index is 1.81. The summed E-state index contributed by atoms with van der Waals surface area (Å²) in [6, 6.07) is 17.3. The van der Waals surface area contributed by atoms with Crippen LogP contribution in [0.15, 0.2) is 65.1 Å². The molecule has 1 atom stereocenters. The quantitative estimate of drug-likeness (QED) is 0.819. The van der Waals surface area contributed by atoms with Gasteiger partial charge in [-0.2, -0.15) is 0 Å². The molecule has 1 aliphatic rings. The van der Waals surface area contributed by atoms with Crippen LogP contribution in [-0.4, -0.2) is 14.2 Å². The molecule has 23 heavy (non-hydrogen) atoms. The number of hydrogen-bond donors (Lipinski definition) is 0. The predicted octanol–water partition coefficient (Wildman–Crippen LogP) is 4.65. The van der Waals surface area contributed by atoms with Crippen LogP contribution in [0.25, 0.3) is 6.08 Å². The number of hydrogen-bond acceptors (Lipinski definition) is 2. The summed E-state index contributed by atoms with van der Waals surface area (Å²) in [6.45, 7) is 1.97. The van der Waals surface area contributed by atoms with E-state index in [1.165, 1.54) is 5.57 Å². The van der Waals surface area contributed by atoms with Crippen molar-refractivity contribution in [2.24, 2.45) is 5.92 Å². The zero-order valence-corrected chi connectivity index (χ0v) is 14.2. The standard InChI is InChI=1S/C20H22O2S/c1-16-10-12-20(13-11-16)23(21,22)15-19-9-5-8-18(19)14-17-6-3-2-4-7-17/h2-4,6-7,10-14,19H,5,8-9,15H2,1H3/b18-14+. The van der Waals surface area contributed by atoms with Crippen molar-refractivity contribution in [1.29, 1.82) is 0 Å². The number of benzene rings is 2. The summed E-state index contributed by atoms with van der Waals surface area (Å²) in [6.07, 6.45) is 5.21. The maximum Gasteiger partial charge on any atom is 0.178 e. The first kappa shape index (κ1) is 16.0. The van der Waals surface area contributed by atoms with Crippen LogP contribution in [0.2, 0.25) is 0 Å². The molecular weight excluding hydrogens is 304 g/mol. The predicted molar refractivity (Wildman–Crippen MR) is 95.0 cm³/mol. The lowest BCUT2D eigenvalue weighted by atomic mass is 10.0. The van der Waals surface area contributed by atoms with Gasteiger partial charge >= 0.3 is 0 Å². The Labute approximate surface area is 138 Å². The second-order valence-electron chi connectivity index (χ2n) is 6.31. The molecule has 1 unspecified atom stereocenters. The van der Waals surface area contributed by atoms with Crippen LogP contribution < -0.4 is 0 Å². The van der Waals surface area contributed by atoms with Crippen molar-refractivity contribution < 1.29 is 8.42 Å². The molecule has 1 fully saturated rings. The normalized spacial score (nSPS) is 20.0. The molecule has 0 spiro atoms. The number of allylic oxidation sites excluding steroid dienone is 1. The summed E-state index contributed by atoms with van der Waals surface area (Å²) in [7, 11) is -3.23. The maximum absolute atomic E-state index is 12.7. The van der Waals surface area contributed by atoms with E-state index in [4.69, 9.17) is 0 Å². The van der Waals surface area contributed by atoms with E-state index in [2.05, 4.69) is 18.2 Å². The smallest absolute Gasteiger partial charge is 0.178 e. The van der Waals surface area contributed by atoms with Gasteiger partial charge in [-0.3, -0.25) is 0 Å². The first-order valence-corrected chi connectivity index (χ1v) is 9.75. The second-order valence-corrected chi connectivity index (χ2v) is 8.35. The summed E-state index contributed by atoms with van der Waals surface area (Å²) in [5.41, 5.74) is 3.50. The average Bonchev–Trinajstić information content (AvgIpc) is 2.95. The molecule has 0 amide bonds. The first-order valence-electron chi connectivity index (χ1n) is 8.09. The van der Waals surface area contributed by atoms with Crippen LogP contribution >= 0.6 is 0 Å². The Morgan fingerprint density at radius 3 is 2.43 bits per heavy atom. The Hall–Kier alpha value is -1.87. The molecule has 2 aromatic carbocycles. The largest absolute Gasteiger partial charge is 0.224 e. The molecule has 1 saturated carbocycles. The SMILES string of the molecule is Cc1ccc(S(=O)(=O)CC2CCC/C2=C\c2ccccc2)cc1. The summed E-state index contributed by atoms with van der Waals surface area (Å²) in [4.78, 5) is 0.439. The molecule has 0 aromatic heterocycles. The summed E-state index contributed by atoms with van der Waals surface area (Å²) >= 11 is 0. The summed E-state index contributed by atoms with van der Waals surface area (Å²) in [5, 5.41) is 0. The number of aryl methyl sites for hydroxylation is 1. The molecule has 0 N–H and O–H groups in total. The molecular formula is C20H22O2S. The minimum absolute atomic E-state index is 0.140.